The summed E-state index contributed by atoms with van der Waals surface area (Å²) < 4.78 is 14.7. The standard InChI is InChI=1S/C18H22N2O7/c1-10-5-6-14(25-3)13(7-10)20-9-12(8-15(20)21)17(23)27-11(2)16(22)19-18(24)26-4/h5-7,11-12H,8-9H2,1-4H3,(H,19,22,24)/t11-,12+/m0/s1. The predicted octanol–water partition coefficient (Wildman–Crippen LogP) is 1.17. The molecule has 27 heavy (non-hydrogen) atoms. The van der Waals surface area contributed by atoms with Crippen LogP contribution in [0.1, 0.15) is 18.9 Å². The summed E-state index contributed by atoms with van der Waals surface area (Å²) in [6.45, 7) is 3.33. The summed E-state index contributed by atoms with van der Waals surface area (Å²) in [5.74, 6) is -1.95. The molecule has 0 unspecified atom stereocenters. The van der Waals surface area contributed by atoms with Crippen molar-refractivity contribution in [2.24, 2.45) is 5.92 Å². The van der Waals surface area contributed by atoms with E-state index in [1.807, 2.05) is 18.3 Å². The molecular weight excluding hydrogens is 356 g/mol. The molecule has 2 atom stereocenters. The molecule has 0 radical (unpaired) electrons. The zero-order chi connectivity index (χ0) is 20.1. The van der Waals surface area contributed by atoms with Crippen LogP contribution in [-0.4, -0.2) is 50.7 Å². The maximum atomic E-state index is 12.4. The Hall–Kier alpha value is -3.10. The number of aryl methyl sites for hydroxylation is 1. The van der Waals surface area contributed by atoms with Crippen LogP contribution in [0.4, 0.5) is 10.5 Å². The Balaban J connectivity index is 2.04. The highest BCUT2D eigenvalue weighted by atomic mass is 16.6. The first-order valence-corrected chi connectivity index (χ1v) is 8.31. The summed E-state index contributed by atoms with van der Waals surface area (Å²) >= 11 is 0. The number of nitrogens with zero attached hydrogens (tertiary/aromatic N) is 1. The van der Waals surface area contributed by atoms with Crippen molar-refractivity contribution in [1.29, 1.82) is 0 Å². The summed E-state index contributed by atoms with van der Waals surface area (Å²) in [6, 6.07) is 5.41. The van der Waals surface area contributed by atoms with Gasteiger partial charge in [-0.15, -0.1) is 0 Å². The molecule has 3 amide bonds. The Morgan fingerprint density at radius 1 is 1.26 bits per heavy atom. The highest BCUT2D eigenvalue weighted by Gasteiger charge is 2.38. The lowest BCUT2D eigenvalue weighted by Gasteiger charge is -2.20. The predicted molar refractivity (Wildman–Crippen MR) is 94.3 cm³/mol. The van der Waals surface area contributed by atoms with Gasteiger partial charge in [0, 0.05) is 13.0 Å². The van der Waals surface area contributed by atoms with Crippen LogP contribution in [0.25, 0.3) is 0 Å². The van der Waals surface area contributed by atoms with Crippen molar-refractivity contribution >= 4 is 29.6 Å². The molecule has 1 aromatic carbocycles. The molecule has 9 heteroatoms. The van der Waals surface area contributed by atoms with E-state index >= 15 is 0 Å². The van der Waals surface area contributed by atoms with Crippen molar-refractivity contribution in [3.8, 4) is 5.75 Å². The van der Waals surface area contributed by atoms with Crippen molar-refractivity contribution in [2.45, 2.75) is 26.4 Å². The third-order valence-electron chi connectivity index (χ3n) is 4.16. The van der Waals surface area contributed by atoms with Crippen LogP contribution in [0, 0.1) is 12.8 Å². The molecule has 1 N–H and O–H groups in total. The van der Waals surface area contributed by atoms with Gasteiger partial charge >= 0.3 is 12.1 Å². The van der Waals surface area contributed by atoms with Crippen molar-refractivity contribution in [3.63, 3.8) is 0 Å². The number of carbonyl (C=O) groups excluding carboxylic acids is 4. The molecule has 1 heterocycles. The second-order valence-electron chi connectivity index (χ2n) is 6.14. The molecule has 2 rings (SSSR count). The third kappa shape index (κ3) is 4.75. The average molecular weight is 378 g/mol. The van der Waals surface area contributed by atoms with Crippen LogP contribution in [0.15, 0.2) is 18.2 Å². The van der Waals surface area contributed by atoms with E-state index in [4.69, 9.17) is 9.47 Å². The molecule has 1 aliphatic heterocycles. The van der Waals surface area contributed by atoms with Gasteiger partial charge < -0.3 is 19.1 Å². The number of alkyl carbamates (subject to hydrolysis) is 1. The van der Waals surface area contributed by atoms with Crippen LogP contribution in [0.3, 0.4) is 0 Å². The lowest BCUT2D eigenvalue weighted by Crippen LogP contribution is -2.40. The number of hydrogen-bond donors (Lipinski definition) is 1. The molecule has 0 saturated carbocycles. The Bertz CT molecular complexity index is 762. The number of imide groups is 1. The number of carbonyl (C=O) groups is 4. The van der Waals surface area contributed by atoms with Crippen LogP contribution in [0.2, 0.25) is 0 Å². The molecule has 1 aliphatic rings. The molecule has 0 aromatic heterocycles. The first-order valence-electron chi connectivity index (χ1n) is 8.31. The minimum absolute atomic E-state index is 0.0404. The quantitative estimate of drug-likeness (QED) is 0.766. The van der Waals surface area contributed by atoms with Crippen LogP contribution < -0.4 is 15.0 Å². The summed E-state index contributed by atoms with van der Waals surface area (Å²) in [4.78, 5) is 49.0. The van der Waals surface area contributed by atoms with Gasteiger partial charge in [0.2, 0.25) is 5.91 Å². The van der Waals surface area contributed by atoms with E-state index in [9.17, 15) is 19.2 Å². The van der Waals surface area contributed by atoms with E-state index in [-0.39, 0.29) is 18.9 Å². The van der Waals surface area contributed by atoms with Crippen molar-refractivity contribution in [3.05, 3.63) is 23.8 Å². The van der Waals surface area contributed by atoms with E-state index in [1.165, 1.54) is 18.9 Å². The number of methoxy groups -OCH3 is 2. The Morgan fingerprint density at radius 2 is 1.96 bits per heavy atom. The maximum absolute atomic E-state index is 12.4. The van der Waals surface area contributed by atoms with Gasteiger partial charge in [-0.25, -0.2) is 4.79 Å². The molecule has 1 aromatic rings. The number of ether oxygens (including phenoxy) is 3. The third-order valence-corrected chi connectivity index (χ3v) is 4.16. The summed E-state index contributed by atoms with van der Waals surface area (Å²) in [5.41, 5.74) is 1.52. The molecule has 0 bridgehead atoms. The smallest absolute Gasteiger partial charge is 0.413 e. The number of nitrogens with one attached hydrogen (secondary N) is 1. The van der Waals surface area contributed by atoms with Gasteiger partial charge in [0.15, 0.2) is 6.10 Å². The highest BCUT2D eigenvalue weighted by molar-refractivity contribution is 6.01. The Labute approximate surface area is 156 Å². The van der Waals surface area contributed by atoms with Gasteiger partial charge in [-0.3, -0.25) is 19.7 Å². The first-order chi connectivity index (χ1) is 12.8. The highest BCUT2D eigenvalue weighted by Crippen LogP contribution is 2.34. The van der Waals surface area contributed by atoms with Crippen LogP contribution in [0.5, 0.6) is 5.75 Å². The van der Waals surface area contributed by atoms with Gasteiger partial charge in [-0.05, 0) is 31.5 Å². The van der Waals surface area contributed by atoms with Crippen LogP contribution >= 0.6 is 0 Å². The fraction of sp³-hybridized carbons (Fsp3) is 0.444. The zero-order valence-corrected chi connectivity index (χ0v) is 15.6. The summed E-state index contributed by atoms with van der Waals surface area (Å²) in [6.07, 6.45) is -2.19. The average Bonchev–Trinajstić information content (AvgIpc) is 3.03. The SMILES string of the molecule is COC(=O)NC(=O)[C@H](C)OC(=O)[C@@H]1CC(=O)N(c2cc(C)ccc2OC)C1. The lowest BCUT2D eigenvalue weighted by molar-refractivity contribution is -0.158. The van der Waals surface area contributed by atoms with Crippen LogP contribution in [-0.2, 0) is 23.9 Å². The van der Waals surface area contributed by atoms with Gasteiger partial charge in [-0.2, -0.15) is 0 Å². The van der Waals surface area contributed by atoms with Crippen molar-refractivity contribution in [2.75, 3.05) is 25.7 Å². The minimum atomic E-state index is -1.20. The Kier molecular flexibility index (Phi) is 6.38. The van der Waals surface area contributed by atoms with E-state index in [0.717, 1.165) is 12.7 Å². The molecular formula is C18H22N2O7. The fourth-order valence-electron chi connectivity index (χ4n) is 2.69. The number of rotatable bonds is 5. The first kappa shape index (κ1) is 20.2. The molecule has 9 nitrogen and oxygen atoms in total. The number of anilines is 1. The molecule has 1 saturated heterocycles. The Morgan fingerprint density at radius 3 is 2.59 bits per heavy atom. The normalized spacial score (nSPS) is 17.3. The monoisotopic (exact) mass is 378 g/mol. The molecule has 0 spiro atoms. The molecule has 146 valence electrons. The number of benzene rings is 1. The van der Waals surface area contributed by atoms with Gasteiger partial charge in [0.05, 0.1) is 25.8 Å². The van der Waals surface area contributed by atoms with E-state index < -0.39 is 30.0 Å². The minimum Gasteiger partial charge on any atom is -0.495 e. The second kappa shape index (κ2) is 8.52. The van der Waals surface area contributed by atoms with Gasteiger partial charge in [0.25, 0.3) is 5.91 Å². The molecule has 1 fully saturated rings. The van der Waals surface area contributed by atoms with E-state index in [0.29, 0.717) is 11.4 Å². The summed E-state index contributed by atoms with van der Waals surface area (Å²) in [7, 11) is 2.61. The second-order valence-corrected chi connectivity index (χ2v) is 6.14. The van der Waals surface area contributed by atoms with E-state index in [2.05, 4.69) is 4.74 Å². The van der Waals surface area contributed by atoms with Crippen molar-refractivity contribution < 1.29 is 33.4 Å². The number of hydrogen-bond acceptors (Lipinski definition) is 7. The lowest BCUT2D eigenvalue weighted by atomic mass is 10.1. The summed E-state index contributed by atoms with van der Waals surface area (Å²) in [5, 5.41) is 1.92. The van der Waals surface area contributed by atoms with Gasteiger partial charge in [-0.1, -0.05) is 6.07 Å². The number of amides is 3. The largest absolute Gasteiger partial charge is 0.495 e. The zero-order valence-electron chi connectivity index (χ0n) is 15.6. The fourth-order valence-corrected chi connectivity index (χ4v) is 2.69. The van der Waals surface area contributed by atoms with Gasteiger partial charge in [0.1, 0.15) is 5.75 Å². The number of esters is 1. The topological polar surface area (TPSA) is 111 Å². The molecule has 0 aliphatic carbocycles. The van der Waals surface area contributed by atoms with E-state index in [1.54, 1.807) is 12.1 Å². The van der Waals surface area contributed by atoms with Crippen molar-refractivity contribution in [1.82, 2.24) is 5.32 Å². The maximum Gasteiger partial charge on any atom is 0.413 e.